The normalized spacial score (nSPS) is 16.2. The number of hydrogen-bond acceptors (Lipinski definition) is 4. The maximum absolute atomic E-state index is 13.6. The van der Waals surface area contributed by atoms with Crippen LogP contribution in [0.4, 0.5) is 4.39 Å². The van der Waals surface area contributed by atoms with E-state index in [1.165, 1.54) is 22.0 Å². The third kappa shape index (κ3) is 4.91. The molecule has 1 fully saturated rings. The Hall–Kier alpha value is -2.29. The molecule has 1 heterocycles. The minimum Gasteiger partial charge on any atom is -0.296 e. The summed E-state index contributed by atoms with van der Waals surface area (Å²) in [5, 5.41) is 0. The van der Waals surface area contributed by atoms with Crippen LogP contribution in [0.5, 0.6) is 0 Å². The van der Waals surface area contributed by atoms with Gasteiger partial charge in [0.05, 0.1) is 0 Å². The minimum absolute atomic E-state index is 0.0237. The molecular weight excluding hydrogens is 369 g/mol. The molecule has 0 saturated carbocycles. The van der Waals surface area contributed by atoms with E-state index in [0.717, 1.165) is 12.6 Å². The Bertz CT molecular complexity index is 911. The topological polar surface area (TPSA) is 69.7 Å². The summed E-state index contributed by atoms with van der Waals surface area (Å²) in [6, 6.07) is 13.8. The van der Waals surface area contributed by atoms with Gasteiger partial charge in [-0.15, -0.1) is 0 Å². The molecule has 2 aromatic rings. The highest BCUT2D eigenvalue weighted by atomic mass is 32.2. The summed E-state index contributed by atoms with van der Waals surface area (Å²) in [5.74, 6) is -1.38. The Balaban J connectivity index is 1.58. The highest BCUT2D eigenvalue weighted by molar-refractivity contribution is 7.87. The van der Waals surface area contributed by atoms with Gasteiger partial charge in [-0.2, -0.15) is 12.7 Å². The van der Waals surface area contributed by atoms with Gasteiger partial charge in [0, 0.05) is 38.3 Å². The van der Waals surface area contributed by atoms with Crippen LogP contribution < -0.4 is 4.72 Å². The molecule has 0 bridgehead atoms. The Morgan fingerprint density at radius 2 is 1.74 bits per heavy atom. The largest absolute Gasteiger partial charge is 0.304 e. The minimum atomic E-state index is -3.97. The van der Waals surface area contributed by atoms with Gasteiger partial charge in [-0.05, 0) is 30.2 Å². The highest BCUT2D eigenvalue weighted by Crippen LogP contribution is 2.12. The van der Waals surface area contributed by atoms with Crippen molar-refractivity contribution in [1.82, 2.24) is 13.9 Å². The van der Waals surface area contributed by atoms with Crippen LogP contribution in [0.1, 0.15) is 21.5 Å². The SMILES string of the molecule is Cc1ccc(C(=O)NS(=O)(=O)N2CCN(Cc3ccccc3)CC2)cc1F. The summed E-state index contributed by atoms with van der Waals surface area (Å²) >= 11 is 0. The van der Waals surface area contributed by atoms with Crippen LogP contribution in [-0.2, 0) is 16.8 Å². The molecule has 8 heteroatoms. The number of amides is 1. The fourth-order valence-corrected chi connectivity index (χ4v) is 4.07. The highest BCUT2D eigenvalue weighted by Gasteiger charge is 2.28. The van der Waals surface area contributed by atoms with Crippen LogP contribution in [0.3, 0.4) is 0 Å². The second-order valence-electron chi connectivity index (χ2n) is 6.56. The summed E-state index contributed by atoms with van der Waals surface area (Å²) in [6.45, 7) is 4.05. The molecule has 0 radical (unpaired) electrons. The lowest BCUT2D eigenvalue weighted by Crippen LogP contribution is -2.52. The number of rotatable bonds is 5. The molecule has 0 unspecified atom stereocenters. The molecule has 144 valence electrons. The number of hydrogen-bond donors (Lipinski definition) is 1. The van der Waals surface area contributed by atoms with Gasteiger partial charge in [0.15, 0.2) is 0 Å². The molecule has 1 aliphatic rings. The molecule has 0 spiro atoms. The molecule has 6 nitrogen and oxygen atoms in total. The van der Waals surface area contributed by atoms with E-state index < -0.39 is 21.9 Å². The first-order valence-corrected chi connectivity index (χ1v) is 10.1. The number of benzene rings is 2. The summed E-state index contributed by atoms with van der Waals surface area (Å²) in [5.41, 5.74) is 1.54. The van der Waals surface area contributed by atoms with Crippen molar-refractivity contribution in [2.24, 2.45) is 0 Å². The first-order valence-electron chi connectivity index (χ1n) is 8.70. The van der Waals surface area contributed by atoms with E-state index in [1.54, 1.807) is 6.92 Å². The van der Waals surface area contributed by atoms with Gasteiger partial charge in [0.2, 0.25) is 0 Å². The summed E-state index contributed by atoms with van der Waals surface area (Å²) in [6.07, 6.45) is 0. The molecule has 1 aliphatic heterocycles. The number of piperazine rings is 1. The first-order chi connectivity index (χ1) is 12.8. The molecule has 1 saturated heterocycles. The maximum Gasteiger partial charge on any atom is 0.304 e. The van der Waals surface area contributed by atoms with E-state index in [-0.39, 0.29) is 18.7 Å². The lowest BCUT2D eigenvalue weighted by atomic mass is 10.1. The average molecular weight is 391 g/mol. The molecule has 27 heavy (non-hydrogen) atoms. The Morgan fingerprint density at radius 3 is 2.37 bits per heavy atom. The zero-order chi connectivity index (χ0) is 19.4. The average Bonchev–Trinajstić information content (AvgIpc) is 2.65. The van der Waals surface area contributed by atoms with Gasteiger partial charge in [0.25, 0.3) is 5.91 Å². The molecule has 3 rings (SSSR count). The standard InChI is InChI=1S/C19H22FN3O3S/c1-15-7-8-17(13-18(15)20)19(24)21-27(25,26)23-11-9-22(10-12-23)14-16-5-3-2-4-6-16/h2-8,13H,9-12,14H2,1H3,(H,21,24). The van der Waals surface area contributed by atoms with E-state index in [2.05, 4.69) is 4.90 Å². The lowest BCUT2D eigenvalue weighted by Gasteiger charge is -2.33. The van der Waals surface area contributed by atoms with Crippen molar-refractivity contribution in [3.8, 4) is 0 Å². The van der Waals surface area contributed by atoms with E-state index in [4.69, 9.17) is 0 Å². The molecule has 1 N–H and O–H groups in total. The molecule has 1 amide bonds. The van der Waals surface area contributed by atoms with E-state index >= 15 is 0 Å². The van der Waals surface area contributed by atoms with Gasteiger partial charge in [0.1, 0.15) is 5.82 Å². The van der Waals surface area contributed by atoms with Crippen LogP contribution in [0.15, 0.2) is 48.5 Å². The summed E-state index contributed by atoms with van der Waals surface area (Å²) < 4.78 is 41.8. The van der Waals surface area contributed by atoms with E-state index in [1.807, 2.05) is 35.1 Å². The number of nitrogens with one attached hydrogen (secondary N) is 1. The van der Waals surface area contributed by atoms with Crippen LogP contribution in [0.2, 0.25) is 0 Å². The fourth-order valence-electron chi connectivity index (χ4n) is 2.94. The van der Waals surface area contributed by atoms with Crippen molar-refractivity contribution in [3.05, 3.63) is 71.0 Å². The van der Waals surface area contributed by atoms with Gasteiger partial charge in [-0.1, -0.05) is 36.4 Å². The Labute approximate surface area is 158 Å². The van der Waals surface area contributed by atoms with Crippen molar-refractivity contribution in [2.45, 2.75) is 13.5 Å². The van der Waals surface area contributed by atoms with Crippen molar-refractivity contribution in [3.63, 3.8) is 0 Å². The Kier molecular flexibility index (Phi) is 5.88. The molecule has 0 aromatic heterocycles. The van der Waals surface area contributed by atoms with Crippen molar-refractivity contribution < 1.29 is 17.6 Å². The number of halogens is 1. The number of nitrogens with zero attached hydrogens (tertiary/aromatic N) is 2. The number of carbonyl (C=O) groups excluding carboxylic acids is 1. The first kappa shape index (κ1) is 19.5. The zero-order valence-corrected chi connectivity index (χ0v) is 15.9. The van der Waals surface area contributed by atoms with Crippen LogP contribution >= 0.6 is 0 Å². The van der Waals surface area contributed by atoms with Gasteiger partial charge < -0.3 is 0 Å². The van der Waals surface area contributed by atoms with E-state index in [9.17, 15) is 17.6 Å². The number of aryl methyl sites for hydroxylation is 1. The third-order valence-electron chi connectivity index (χ3n) is 4.58. The second kappa shape index (κ2) is 8.16. The van der Waals surface area contributed by atoms with Crippen LogP contribution in [0.25, 0.3) is 0 Å². The molecule has 0 atom stereocenters. The zero-order valence-electron chi connectivity index (χ0n) is 15.1. The predicted octanol–water partition coefficient (Wildman–Crippen LogP) is 1.93. The van der Waals surface area contributed by atoms with Crippen LogP contribution in [0, 0.1) is 12.7 Å². The molecule has 2 aromatic carbocycles. The van der Waals surface area contributed by atoms with Gasteiger partial charge >= 0.3 is 10.2 Å². The molecular formula is C19H22FN3O3S. The van der Waals surface area contributed by atoms with Crippen molar-refractivity contribution >= 4 is 16.1 Å². The lowest BCUT2D eigenvalue weighted by molar-refractivity contribution is 0.0976. The molecule has 0 aliphatic carbocycles. The summed E-state index contributed by atoms with van der Waals surface area (Å²) in [4.78, 5) is 14.3. The van der Waals surface area contributed by atoms with Crippen molar-refractivity contribution in [1.29, 1.82) is 0 Å². The maximum atomic E-state index is 13.6. The quantitative estimate of drug-likeness (QED) is 0.846. The predicted molar refractivity (Wildman–Crippen MR) is 101 cm³/mol. The van der Waals surface area contributed by atoms with Gasteiger partial charge in [-0.25, -0.2) is 9.11 Å². The number of carbonyl (C=O) groups is 1. The fraction of sp³-hybridized carbons (Fsp3) is 0.316. The van der Waals surface area contributed by atoms with E-state index in [0.29, 0.717) is 18.7 Å². The van der Waals surface area contributed by atoms with Crippen LogP contribution in [-0.4, -0.2) is 49.7 Å². The summed E-state index contributed by atoms with van der Waals surface area (Å²) in [7, 11) is -3.97. The third-order valence-corrected chi connectivity index (χ3v) is 6.06. The van der Waals surface area contributed by atoms with Crippen molar-refractivity contribution in [2.75, 3.05) is 26.2 Å². The Morgan fingerprint density at radius 1 is 1.07 bits per heavy atom. The smallest absolute Gasteiger partial charge is 0.296 e. The monoisotopic (exact) mass is 391 g/mol. The van der Waals surface area contributed by atoms with Gasteiger partial charge in [-0.3, -0.25) is 9.69 Å². The second-order valence-corrected chi connectivity index (χ2v) is 8.23.